The van der Waals surface area contributed by atoms with Gasteiger partial charge in [0.1, 0.15) is 0 Å². The van der Waals surface area contributed by atoms with Crippen molar-refractivity contribution in [2.75, 3.05) is 13.1 Å². The van der Waals surface area contributed by atoms with Gasteiger partial charge in [0.15, 0.2) is 4.80 Å². The summed E-state index contributed by atoms with van der Waals surface area (Å²) in [5, 5.41) is 2.10. The first-order chi connectivity index (χ1) is 14.7. The van der Waals surface area contributed by atoms with E-state index in [0.717, 1.165) is 34.6 Å². The number of thiazole rings is 1. The lowest BCUT2D eigenvalue weighted by Gasteiger charge is -2.24. The van der Waals surface area contributed by atoms with Crippen LogP contribution in [0.15, 0.2) is 63.8 Å². The van der Waals surface area contributed by atoms with Crippen molar-refractivity contribution in [1.82, 2.24) is 8.87 Å². The van der Waals surface area contributed by atoms with Gasteiger partial charge >= 0.3 is 0 Å². The van der Waals surface area contributed by atoms with Crippen molar-refractivity contribution in [3.05, 3.63) is 64.3 Å². The van der Waals surface area contributed by atoms with Gasteiger partial charge in [-0.15, -0.1) is 11.3 Å². The summed E-state index contributed by atoms with van der Waals surface area (Å²) in [5.74, 6) is 0. The van der Waals surface area contributed by atoms with E-state index in [1.165, 1.54) is 5.56 Å². The number of hydrogen-bond acceptors (Lipinski definition) is 4. The van der Waals surface area contributed by atoms with Gasteiger partial charge in [-0.2, -0.15) is 4.31 Å². The summed E-state index contributed by atoms with van der Waals surface area (Å²) in [7, 11) is -3.40. The predicted molar refractivity (Wildman–Crippen MR) is 127 cm³/mol. The molecule has 3 aromatic rings. The van der Waals surface area contributed by atoms with Crippen LogP contribution in [0.2, 0.25) is 0 Å². The molecule has 2 aromatic carbocycles. The highest BCUT2D eigenvalue weighted by Gasteiger charge is 2.27. The summed E-state index contributed by atoms with van der Waals surface area (Å²) in [6, 6.07) is 15.4. The molecule has 0 unspecified atom stereocenters. The van der Waals surface area contributed by atoms with Crippen LogP contribution in [-0.2, 0) is 15.6 Å². The van der Waals surface area contributed by atoms with Crippen LogP contribution in [0.4, 0.5) is 5.69 Å². The van der Waals surface area contributed by atoms with Crippen LogP contribution < -0.4 is 4.80 Å². The molecule has 7 heteroatoms. The zero-order valence-corrected chi connectivity index (χ0v) is 20.1. The van der Waals surface area contributed by atoms with E-state index >= 15 is 0 Å². The van der Waals surface area contributed by atoms with Crippen molar-refractivity contribution < 1.29 is 8.42 Å². The molecule has 0 radical (unpaired) electrons. The molecule has 0 aliphatic carbocycles. The molecule has 1 saturated heterocycles. The molecule has 1 fully saturated rings. The van der Waals surface area contributed by atoms with E-state index in [9.17, 15) is 8.42 Å². The summed E-state index contributed by atoms with van der Waals surface area (Å²) < 4.78 is 29.5. The molecule has 1 aliphatic heterocycles. The fourth-order valence-electron chi connectivity index (χ4n) is 3.84. The Morgan fingerprint density at radius 1 is 0.935 bits per heavy atom. The van der Waals surface area contributed by atoms with E-state index in [1.807, 2.05) is 24.3 Å². The maximum Gasteiger partial charge on any atom is 0.243 e. The van der Waals surface area contributed by atoms with E-state index in [4.69, 9.17) is 4.99 Å². The van der Waals surface area contributed by atoms with Gasteiger partial charge in [0.05, 0.1) is 16.3 Å². The van der Waals surface area contributed by atoms with Gasteiger partial charge in [0.25, 0.3) is 0 Å². The minimum Gasteiger partial charge on any atom is -0.311 e. The van der Waals surface area contributed by atoms with Gasteiger partial charge in [-0.05, 0) is 70.4 Å². The second-order valence-electron chi connectivity index (χ2n) is 8.99. The minimum atomic E-state index is -3.40. The third-order valence-corrected chi connectivity index (χ3v) is 8.23. The smallest absolute Gasteiger partial charge is 0.243 e. The molecule has 0 spiro atoms. The quantitative estimate of drug-likeness (QED) is 0.536. The summed E-state index contributed by atoms with van der Waals surface area (Å²) in [5.41, 5.74) is 3.96. The van der Waals surface area contributed by atoms with Crippen molar-refractivity contribution >= 4 is 27.0 Å². The highest BCUT2D eigenvalue weighted by molar-refractivity contribution is 7.89. The standard InChI is InChI=1S/C24H29N3O2S2/c1-18-7-11-20(12-8-18)25-23-27(24(2,3)4)22(17-30-23)19-9-13-21(14-10-19)31(28,29)26-15-5-6-16-26/h7-14,17H,5-6,15-16H2,1-4H3. The lowest BCUT2D eigenvalue weighted by atomic mass is 10.1. The van der Waals surface area contributed by atoms with Crippen LogP contribution in [-0.4, -0.2) is 30.4 Å². The van der Waals surface area contributed by atoms with E-state index < -0.39 is 10.0 Å². The molecular formula is C24H29N3O2S2. The van der Waals surface area contributed by atoms with Crippen molar-refractivity contribution in [3.63, 3.8) is 0 Å². The third-order valence-electron chi connectivity index (χ3n) is 5.49. The van der Waals surface area contributed by atoms with E-state index in [-0.39, 0.29) is 5.54 Å². The Morgan fingerprint density at radius 2 is 1.55 bits per heavy atom. The van der Waals surface area contributed by atoms with E-state index in [0.29, 0.717) is 18.0 Å². The van der Waals surface area contributed by atoms with E-state index in [1.54, 1.807) is 27.8 Å². The number of hydrogen-bond donors (Lipinski definition) is 0. The van der Waals surface area contributed by atoms with Crippen molar-refractivity contribution in [2.45, 2.75) is 51.0 Å². The Labute approximate surface area is 188 Å². The molecule has 1 aliphatic rings. The number of aromatic nitrogens is 1. The average molecular weight is 456 g/mol. The monoisotopic (exact) mass is 455 g/mol. The summed E-state index contributed by atoms with van der Waals surface area (Å²) in [6.45, 7) is 9.76. The number of benzene rings is 2. The second-order valence-corrected chi connectivity index (χ2v) is 11.8. The topological polar surface area (TPSA) is 54.7 Å². The molecule has 1 aromatic heterocycles. The van der Waals surface area contributed by atoms with Gasteiger partial charge in [-0.1, -0.05) is 29.8 Å². The molecule has 0 saturated carbocycles. The highest BCUT2D eigenvalue weighted by atomic mass is 32.2. The first-order valence-corrected chi connectivity index (χ1v) is 12.9. The Morgan fingerprint density at radius 3 is 2.13 bits per heavy atom. The van der Waals surface area contributed by atoms with Crippen LogP contribution in [0.25, 0.3) is 11.3 Å². The number of sulfonamides is 1. The minimum absolute atomic E-state index is 0.181. The fraction of sp³-hybridized carbons (Fsp3) is 0.375. The first kappa shape index (κ1) is 22.0. The zero-order valence-electron chi connectivity index (χ0n) is 18.5. The Hall–Kier alpha value is -2.22. The SMILES string of the molecule is Cc1ccc(N=c2scc(-c3ccc(S(=O)(=O)N4CCCC4)cc3)n2C(C)(C)C)cc1. The molecule has 0 amide bonds. The largest absolute Gasteiger partial charge is 0.311 e. The number of nitrogens with zero attached hydrogens (tertiary/aromatic N) is 3. The van der Waals surface area contributed by atoms with Gasteiger partial charge in [0.2, 0.25) is 10.0 Å². The van der Waals surface area contributed by atoms with Crippen LogP contribution in [0.3, 0.4) is 0 Å². The molecule has 0 N–H and O–H groups in total. The van der Waals surface area contributed by atoms with Crippen LogP contribution in [0.1, 0.15) is 39.2 Å². The maximum absolute atomic E-state index is 12.8. The van der Waals surface area contributed by atoms with Gasteiger partial charge < -0.3 is 4.57 Å². The highest BCUT2D eigenvalue weighted by Crippen LogP contribution is 2.29. The van der Waals surface area contributed by atoms with Crippen molar-refractivity contribution in [3.8, 4) is 11.3 Å². The summed E-state index contributed by atoms with van der Waals surface area (Å²) in [4.78, 5) is 6.16. The zero-order chi connectivity index (χ0) is 22.2. The van der Waals surface area contributed by atoms with Crippen LogP contribution in [0.5, 0.6) is 0 Å². The van der Waals surface area contributed by atoms with Gasteiger partial charge in [-0.3, -0.25) is 0 Å². The van der Waals surface area contributed by atoms with Crippen LogP contribution in [0, 0.1) is 6.92 Å². The molecule has 0 atom stereocenters. The molecule has 0 bridgehead atoms. The second kappa shape index (κ2) is 8.37. The molecular weight excluding hydrogens is 426 g/mol. The third kappa shape index (κ3) is 4.54. The molecule has 2 heterocycles. The Kier molecular flexibility index (Phi) is 5.94. The molecule has 31 heavy (non-hydrogen) atoms. The number of aryl methyl sites for hydroxylation is 1. The molecule has 164 valence electrons. The summed E-state index contributed by atoms with van der Waals surface area (Å²) in [6.07, 6.45) is 1.87. The maximum atomic E-state index is 12.8. The predicted octanol–water partition coefficient (Wildman–Crippen LogP) is 5.30. The Balaban J connectivity index is 1.75. The van der Waals surface area contributed by atoms with E-state index in [2.05, 4.69) is 49.8 Å². The van der Waals surface area contributed by atoms with Gasteiger partial charge in [-0.25, -0.2) is 13.4 Å². The average Bonchev–Trinajstić information content (AvgIpc) is 3.40. The molecule has 5 nitrogen and oxygen atoms in total. The first-order valence-electron chi connectivity index (χ1n) is 10.6. The lowest BCUT2D eigenvalue weighted by Crippen LogP contribution is -2.31. The fourth-order valence-corrected chi connectivity index (χ4v) is 6.46. The lowest BCUT2D eigenvalue weighted by molar-refractivity contribution is 0.392. The van der Waals surface area contributed by atoms with Crippen molar-refractivity contribution in [1.29, 1.82) is 0 Å². The normalized spacial score (nSPS) is 16.2. The van der Waals surface area contributed by atoms with Crippen LogP contribution >= 0.6 is 11.3 Å². The number of rotatable bonds is 4. The van der Waals surface area contributed by atoms with Gasteiger partial charge in [0, 0.05) is 24.0 Å². The summed E-state index contributed by atoms with van der Waals surface area (Å²) >= 11 is 1.60. The molecule has 4 rings (SSSR count). The van der Waals surface area contributed by atoms with Crippen molar-refractivity contribution in [2.24, 2.45) is 4.99 Å². The Bertz CT molecular complexity index is 1220.